The van der Waals surface area contributed by atoms with Crippen molar-refractivity contribution in [1.29, 1.82) is 0 Å². The number of aromatic nitrogens is 8. The quantitative estimate of drug-likeness (QED) is 0.135. The molecule has 0 aliphatic carbocycles. The van der Waals surface area contributed by atoms with Crippen LogP contribution in [-0.4, -0.2) is 45.3 Å². The monoisotopic (exact) mass is 811 g/mol. The van der Waals surface area contributed by atoms with Gasteiger partial charge in [0.2, 0.25) is 0 Å². The highest BCUT2D eigenvalue weighted by molar-refractivity contribution is 6.09. The predicted molar refractivity (Wildman–Crippen MR) is 255 cm³/mol. The van der Waals surface area contributed by atoms with Gasteiger partial charge in [-0.15, -0.1) is 0 Å². The van der Waals surface area contributed by atoms with E-state index in [0.29, 0.717) is 17.5 Å². The van der Waals surface area contributed by atoms with Crippen molar-refractivity contribution in [3.8, 4) is 68.1 Å². The Morgan fingerprint density at radius 2 is 1.00 bits per heavy atom. The number of benzene rings is 5. The topological polar surface area (TPSA) is 99.6 Å². The Labute approximate surface area is 363 Å². The first-order valence-electron chi connectivity index (χ1n) is 20.7. The van der Waals surface area contributed by atoms with E-state index in [1.54, 1.807) is 6.20 Å². The van der Waals surface area contributed by atoms with Gasteiger partial charge in [0.1, 0.15) is 23.1 Å². The number of hydrogen-bond acceptors (Lipinski definition) is 7. The Morgan fingerprint density at radius 1 is 0.429 bits per heavy atom. The summed E-state index contributed by atoms with van der Waals surface area (Å²) in [6.07, 6.45) is 11.2. The van der Waals surface area contributed by atoms with Crippen LogP contribution in [0.4, 0.5) is 5.82 Å². The van der Waals surface area contributed by atoms with Gasteiger partial charge in [0.15, 0.2) is 17.5 Å². The first-order valence-corrected chi connectivity index (χ1v) is 20.7. The van der Waals surface area contributed by atoms with E-state index in [9.17, 15) is 0 Å². The summed E-state index contributed by atoms with van der Waals surface area (Å²) in [6, 6.07) is 58.0. The lowest BCUT2D eigenvalue weighted by atomic mass is 9.94. The Balaban J connectivity index is 1.13. The van der Waals surface area contributed by atoms with Gasteiger partial charge in [-0.25, -0.2) is 34.9 Å². The van der Waals surface area contributed by atoms with Crippen molar-refractivity contribution in [2.45, 2.75) is 6.92 Å². The lowest BCUT2D eigenvalue weighted by Crippen LogP contribution is -2.00. The Hall–Kier alpha value is -8.69. The molecule has 0 aliphatic rings. The average molecular weight is 812 g/mol. The molecule has 0 spiro atoms. The molecule has 63 heavy (non-hydrogen) atoms. The van der Waals surface area contributed by atoms with Gasteiger partial charge in [0.25, 0.3) is 0 Å². The van der Waals surface area contributed by atoms with Gasteiger partial charge < -0.3 is 0 Å². The summed E-state index contributed by atoms with van der Waals surface area (Å²) in [7, 11) is 0. The van der Waals surface area contributed by atoms with E-state index in [4.69, 9.17) is 34.9 Å². The summed E-state index contributed by atoms with van der Waals surface area (Å²) < 4.78 is 4.22. The second-order valence-corrected chi connectivity index (χ2v) is 15.1. The number of aliphatic imine (C=N–C) groups is 1. The van der Waals surface area contributed by atoms with E-state index in [-0.39, 0.29) is 0 Å². The Morgan fingerprint density at radius 3 is 1.63 bits per heavy atom. The molecular weight excluding hydrogens is 775 g/mol. The van der Waals surface area contributed by atoms with E-state index in [0.717, 1.165) is 89.2 Å². The lowest BCUT2D eigenvalue weighted by Gasteiger charge is -2.13. The minimum atomic E-state index is 0.575. The Kier molecular flexibility index (Phi) is 9.51. The number of allylic oxidation sites excluding steroid dienone is 2. The maximum atomic E-state index is 5.16. The van der Waals surface area contributed by atoms with Crippen molar-refractivity contribution < 1.29 is 0 Å². The van der Waals surface area contributed by atoms with E-state index < -0.39 is 0 Å². The van der Waals surface area contributed by atoms with Gasteiger partial charge in [0.05, 0.1) is 11.0 Å². The highest BCUT2D eigenvalue weighted by atomic mass is 15.1. The van der Waals surface area contributed by atoms with Gasteiger partial charge in [0, 0.05) is 57.7 Å². The number of hydrogen-bond donors (Lipinski definition) is 0. The molecule has 0 aliphatic heterocycles. The van der Waals surface area contributed by atoms with Crippen LogP contribution in [0.5, 0.6) is 0 Å². The predicted octanol–water partition coefficient (Wildman–Crippen LogP) is 12.7. The van der Waals surface area contributed by atoms with Crippen LogP contribution in [0.2, 0.25) is 0 Å². The third kappa shape index (κ3) is 7.03. The van der Waals surface area contributed by atoms with Crippen LogP contribution in [0.1, 0.15) is 6.92 Å². The molecule has 0 atom stereocenters. The molecule has 9 heteroatoms. The molecule has 0 amide bonds. The molecule has 6 heterocycles. The molecule has 11 rings (SSSR count). The average Bonchev–Trinajstić information content (AvgIpc) is 3.89. The summed E-state index contributed by atoms with van der Waals surface area (Å²) in [4.78, 5) is 34.4. The van der Waals surface area contributed by atoms with E-state index in [2.05, 4.69) is 75.9 Å². The van der Waals surface area contributed by atoms with Crippen molar-refractivity contribution in [2.75, 3.05) is 0 Å². The highest BCUT2D eigenvalue weighted by Crippen LogP contribution is 2.39. The molecular formula is C54H37N9. The fourth-order valence-electron chi connectivity index (χ4n) is 8.18. The molecule has 5 aromatic carbocycles. The van der Waals surface area contributed by atoms with Gasteiger partial charge in [-0.05, 0) is 120 Å². The molecule has 298 valence electrons. The summed E-state index contributed by atoms with van der Waals surface area (Å²) in [5.74, 6) is 4.18. The first-order chi connectivity index (χ1) is 31.2. The van der Waals surface area contributed by atoms with Crippen LogP contribution in [-0.2, 0) is 0 Å². The van der Waals surface area contributed by atoms with Crippen molar-refractivity contribution >= 4 is 44.9 Å². The lowest BCUT2D eigenvalue weighted by molar-refractivity contribution is 1.04. The van der Waals surface area contributed by atoms with Crippen LogP contribution >= 0.6 is 0 Å². The van der Waals surface area contributed by atoms with Crippen molar-refractivity contribution in [3.05, 3.63) is 201 Å². The highest BCUT2D eigenvalue weighted by Gasteiger charge is 2.19. The molecule has 11 aromatic rings. The molecule has 0 bridgehead atoms. The summed E-state index contributed by atoms with van der Waals surface area (Å²) in [5.41, 5.74) is 9.65. The normalized spacial score (nSPS) is 11.8. The maximum absolute atomic E-state index is 5.16. The minimum absolute atomic E-state index is 0.575. The Bertz CT molecular complexity index is 3450. The van der Waals surface area contributed by atoms with Gasteiger partial charge >= 0.3 is 0 Å². The van der Waals surface area contributed by atoms with E-state index >= 15 is 0 Å². The van der Waals surface area contributed by atoms with Crippen molar-refractivity contribution in [2.24, 2.45) is 4.99 Å². The molecule has 0 N–H and O–H groups in total. The van der Waals surface area contributed by atoms with E-state index in [1.807, 2.05) is 141 Å². The molecule has 0 unspecified atom stereocenters. The third-order valence-corrected chi connectivity index (χ3v) is 11.1. The van der Waals surface area contributed by atoms with E-state index in [1.165, 1.54) is 0 Å². The van der Waals surface area contributed by atoms with Gasteiger partial charge in [-0.1, -0.05) is 91.0 Å². The first kappa shape index (κ1) is 37.3. The molecule has 0 saturated carbocycles. The number of fused-ring (bicyclic) bond motifs is 4. The summed E-state index contributed by atoms with van der Waals surface area (Å²) >= 11 is 0. The van der Waals surface area contributed by atoms with Crippen LogP contribution in [0, 0.1) is 0 Å². The second kappa shape index (κ2) is 16.1. The SMILES string of the molecule is C/C=C\C=N/c1cc2cc(-c3cc(-c4ccc5c(c4)c4cccnc4n5-c4ccccn4)cc(-c4nc(-c5ccccc5)nc(-c5ccccc5)n4)c3)ccc2n1-c1ccccn1. The molecule has 0 radical (unpaired) electrons. The molecule has 9 nitrogen and oxygen atoms in total. The fourth-order valence-corrected chi connectivity index (χ4v) is 8.18. The standard InChI is InChI=1S/C54H37N9/c1-2-3-26-57-50-35-42-30-38(22-24-46(42)62(50)48-20-10-12-27-55-48)40-31-41(39-23-25-47-45(34-39)44-19-14-29-58-54(44)63(47)49-21-11-13-28-56-49)33-43(32-40)53-60-51(36-15-6-4-7-16-36)59-52(61-53)37-17-8-5-9-18-37/h2-35H,1H3/b3-2-,57-26-. The van der Waals surface area contributed by atoms with Crippen molar-refractivity contribution in [1.82, 2.24) is 39.0 Å². The summed E-state index contributed by atoms with van der Waals surface area (Å²) in [6.45, 7) is 1.98. The fraction of sp³-hybridized carbons (Fsp3) is 0.0185. The smallest absolute Gasteiger partial charge is 0.164 e. The molecule has 0 fully saturated rings. The van der Waals surface area contributed by atoms with Gasteiger partial charge in [-0.2, -0.15) is 0 Å². The number of nitrogens with zero attached hydrogens (tertiary/aromatic N) is 9. The third-order valence-electron chi connectivity index (χ3n) is 11.1. The van der Waals surface area contributed by atoms with Crippen LogP contribution < -0.4 is 0 Å². The zero-order chi connectivity index (χ0) is 42.1. The van der Waals surface area contributed by atoms with Crippen LogP contribution in [0.3, 0.4) is 0 Å². The van der Waals surface area contributed by atoms with Crippen molar-refractivity contribution in [3.63, 3.8) is 0 Å². The molecule has 6 aromatic heterocycles. The maximum Gasteiger partial charge on any atom is 0.164 e. The zero-order valence-corrected chi connectivity index (χ0v) is 34.2. The number of pyridine rings is 3. The molecule has 0 saturated heterocycles. The second-order valence-electron chi connectivity index (χ2n) is 15.1. The zero-order valence-electron chi connectivity index (χ0n) is 34.2. The number of rotatable bonds is 9. The summed E-state index contributed by atoms with van der Waals surface area (Å²) in [5, 5.41) is 3.16. The minimum Gasteiger partial charge on any atom is -0.278 e. The largest absolute Gasteiger partial charge is 0.278 e. The van der Waals surface area contributed by atoms with Crippen LogP contribution in [0.25, 0.3) is 101 Å². The van der Waals surface area contributed by atoms with Crippen LogP contribution in [0.15, 0.2) is 206 Å². The van der Waals surface area contributed by atoms with Gasteiger partial charge in [-0.3, -0.25) is 9.13 Å².